The molecule has 3 aromatic rings. The van der Waals surface area contributed by atoms with E-state index in [0.29, 0.717) is 27.7 Å². The second-order valence-electron chi connectivity index (χ2n) is 6.80. The standard InChI is InChI=1S/C23H23ClN2O2S/c1-3-16(2)26(15-17-8-5-4-6-9-17)23(28)18-11-12-19(24)20(14-18)25-22(27)21-10-7-13-29-21/h4-14,16H,3,15H2,1-2H3,(H,25,27). The lowest BCUT2D eigenvalue weighted by atomic mass is 10.1. The Morgan fingerprint density at radius 2 is 1.86 bits per heavy atom. The number of benzene rings is 2. The van der Waals surface area contributed by atoms with Crippen molar-refractivity contribution in [3.8, 4) is 0 Å². The zero-order valence-electron chi connectivity index (χ0n) is 16.4. The molecule has 0 radical (unpaired) electrons. The van der Waals surface area contributed by atoms with Crippen molar-refractivity contribution in [1.29, 1.82) is 0 Å². The minimum Gasteiger partial charge on any atom is -0.332 e. The summed E-state index contributed by atoms with van der Waals surface area (Å²) in [7, 11) is 0. The van der Waals surface area contributed by atoms with Gasteiger partial charge in [-0.05, 0) is 48.6 Å². The molecular formula is C23H23ClN2O2S. The van der Waals surface area contributed by atoms with Gasteiger partial charge in [0.25, 0.3) is 11.8 Å². The summed E-state index contributed by atoms with van der Waals surface area (Å²) in [5, 5.41) is 5.04. The SMILES string of the molecule is CCC(C)N(Cc1ccccc1)C(=O)c1ccc(Cl)c(NC(=O)c2cccs2)c1. The van der Waals surface area contributed by atoms with E-state index in [-0.39, 0.29) is 17.9 Å². The molecule has 2 aromatic carbocycles. The zero-order valence-corrected chi connectivity index (χ0v) is 18.0. The van der Waals surface area contributed by atoms with Crippen molar-refractivity contribution < 1.29 is 9.59 Å². The van der Waals surface area contributed by atoms with Crippen LogP contribution >= 0.6 is 22.9 Å². The number of nitrogens with one attached hydrogen (secondary N) is 1. The summed E-state index contributed by atoms with van der Waals surface area (Å²) in [4.78, 5) is 28.1. The number of carbonyl (C=O) groups excluding carboxylic acids is 2. The van der Waals surface area contributed by atoms with Crippen LogP contribution in [0.3, 0.4) is 0 Å². The zero-order chi connectivity index (χ0) is 20.8. The molecular weight excluding hydrogens is 404 g/mol. The molecule has 0 aliphatic heterocycles. The van der Waals surface area contributed by atoms with Crippen molar-refractivity contribution in [3.05, 3.63) is 87.1 Å². The lowest BCUT2D eigenvalue weighted by Crippen LogP contribution is -2.37. The number of hydrogen-bond donors (Lipinski definition) is 1. The number of rotatable bonds is 7. The van der Waals surface area contributed by atoms with Crippen LogP contribution < -0.4 is 5.32 Å². The molecule has 3 rings (SSSR count). The topological polar surface area (TPSA) is 49.4 Å². The molecule has 0 fully saturated rings. The van der Waals surface area contributed by atoms with E-state index in [2.05, 4.69) is 12.2 Å². The summed E-state index contributed by atoms with van der Waals surface area (Å²) in [6.07, 6.45) is 0.841. The van der Waals surface area contributed by atoms with Crippen molar-refractivity contribution in [1.82, 2.24) is 4.90 Å². The Morgan fingerprint density at radius 3 is 2.52 bits per heavy atom. The van der Waals surface area contributed by atoms with Gasteiger partial charge in [0.15, 0.2) is 0 Å². The van der Waals surface area contributed by atoms with Gasteiger partial charge in [0.1, 0.15) is 0 Å². The minimum absolute atomic E-state index is 0.0718. The van der Waals surface area contributed by atoms with Crippen LogP contribution in [0.15, 0.2) is 66.0 Å². The largest absolute Gasteiger partial charge is 0.332 e. The van der Waals surface area contributed by atoms with Gasteiger partial charge in [0.05, 0.1) is 15.6 Å². The Morgan fingerprint density at radius 1 is 1.10 bits per heavy atom. The maximum atomic E-state index is 13.3. The highest BCUT2D eigenvalue weighted by molar-refractivity contribution is 7.12. The van der Waals surface area contributed by atoms with E-state index in [4.69, 9.17) is 11.6 Å². The van der Waals surface area contributed by atoms with Crippen LogP contribution in [-0.2, 0) is 6.54 Å². The van der Waals surface area contributed by atoms with E-state index in [9.17, 15) is 9.59 Å². The molecule has 1 N–H and O–H groups in total. The van der Waals surface area contributed by atoms with Crippen LogP contribution in [0, 0.1) is 0 Å². The summed E-state index contributed by atoms with van der Waals surface area (Å²) >= 11 is 7.62. The summed E-state index contributed by atoms with van der Waals surface area (Å²) in [6, 6.07) is 18.5. The maximum Gasteiger partial charge on any atom is 0.265 e. The maximum absolute atomic E-state index is 13.3. The van der Waals surface area contributed by atoms with E-state index < -0.39 is 0 Å². The van der Waals surface area contributed by atoms with Crippen LogP contribution in [0.4, 0.5) is 5.69 Å². The van der Waals surface area contributed by atoms with Crippen molar-refractivity contribution >= 4 is 40.4 Å². The van der Waals surface area contributed by atoms with Gasteiger partial charge in [-0.3, -0.25) is 9.59 Å². The van der Waals surface area contributed by atoms with Gasteiger partial charge in [-0.25, -0.2) is 0 Å². The van der Waals surface area contributed by atoms with Crippen molar-refractivity contribution in [2.75, 3.05) is 5.32 Å². The van der Waals surface area contributed by atoms with Crippen molar-refractivity contribution in [2.45, 2.75) is 32.9 Å². The monoisotopic (exact) mass is 426 g/mol. The van der Waals surface area contributed by atoms with Gasteiger partial charge < -0.3 is 10.2 Å². The molecule has 0 spiro atoms. The Labute approximate surface area is 180 Å². The number of anilines is 1. The van der Waals surface area contributed by atoms with Gasteiger partial charge in [-0.1, -0.05) is 54.9 Å². The van der Waals surface area contributed by atoms with Gasteiger partial charge >= 0.3 is 0 Å². The number of amides is 2. The smallest absolute Gasteiger partial charge is 0.265 e. The first-order chi connectivity index (χ1) is 14.0. The Bertz CT molecular complexity index is 974. The summed E-state index contributed by atoms with van der Waals surface area (Å²) < 4.78 is 0. The normalized spacial score (nSPS) is 11.7. The molecule has 29 heavy (non-hydrogen) atoms. The molecule has 6 heteroatoms. The van der Waals surface area contributed by atoms with E-state index in [1.54, 1.807) is 24.3 Å². The number of halogens is 1. The summed E-state index contributed by atoms with van der Waals surface area (Å²) in [5.41, 5.74) is 1.99. The fourth-order valence-corrected chi connectivity index (χ4v) is 3.72. The van der Waals surface area contributed by atoms with E-state index in [1.807, 2.05) is 53.6 Å². The molecule has 1 aromatic heterocycles. The third-order valence-corrected chi connectivity index (χ3v) is 5.98. The number of nitrogens with zero attached hydrogens (tertiary/aromatic N) is 1. The average molecular weight is 427 g/mol. The molecule has 1 atom stereocenters. The van der Waals surface area contributed by atoms with Crippen LogP contribution in [0.25, 0.3) is 0 Å². The lowest BCUT2D eigenvalue weighted by molar-refractivity contribution is 0.0671. The predicted octanol–water partition coefficient (Wildman–Crippen LogP) is 6.09. The average Bonchev–Trinajstić information content (AvgIpc) is 3.28. The van der Waals surface area contributed by atoms with Crippen LogP contribution in [0.1, 0.15) is 45.9 Å². The highest BCUT2D eigenvalue weighted by Crippen LogP contribution is 2.26. The summed E-state index contributed by atoms with van der Waals surface area (Å²) in [6.45, 7) is 4.62. The first kappa shape index (κ1) is 21.1. The van der Waals surface area contributed by atoms with Gasteiger partial charge in [0.2, 0.25) is 0 Å². The molecule has 0 aliphatic rings. The lowest BCUT2D eigenvalue weighted by Gasteiger charge is -2.29. The quantitative estimate of drug-likeness (QED) is 0.496. The number of hydrogen-bond acceptors (Lipinski definition) is 3. The fourth-order valence-electron chi connectivity index (χ4n) is 2.94. The molecule has 1 unspecified atom stereocenters. The van der Waals surface area contributed by atoms with Crippen LogP contribution in [-0.4, -0.2) is 22.8 Å². The highest BCUT2D eigenvalue weighted by Gasteiger charge is 2.22. The van der Waals surface area contributed by atoms with E-state index >= 15 is 0 Å². The molecule has 150 valence electrons. The van der Waals surface area contributed by atoms with Crippen LogP contribution in [0.5, 0.6) is 0 Å². The van der Waals surface area contributed by atoms with Crippen molar-refractivity contribution in [3.63, 3.8) is 0 Å². The Kier molecular flexibility index (Phi) is 7.07. The highest BCUT2D eigenvalue weighted by atomic mass is 35.5. The van der Waals surface area contributed by atoms with E-state index in [0.717, 1.165) is 12.0 Å². The molecule has 0 aliphatic carbocycles. The van der Waals surface area contributed by atoms with Gasteiger partial charge in [-0.2, -0.15) is 0 Å². The fraction of sp³-hybridized carbons (Fsp3) is 0.217. The third-order valence-electron chi connectivity index (χ3n) is 4.79. The summed E-state index contributed by atoms with van der Waals surface area (Å²) in [5.74, 6) is -0.332. The predicted molar refractivity (Wildman–Crippen MR) is 120 cm³/mol. The first-order valence-corrected chi connectivity index (χ1v) is 10.7. The van der Waals surface area contributed by atoms with Crippen molar-refractivity contribution in [2.24, 2.45) is 0 Å². The molecule has 0 saturated heterocycles. The molecule has 4 nitrogen and oxygen atoms in total. The third kappa shape index (κ3) is 5.25. The van der Waals surface area contributed by atoms with Crippen LogP contribution in [0.2, 0.25) is 5.02 Å². The second-order valence-corrected chi connectivity index (χ2v) is 8.16. The molecule has 0 saturated carbocycles. The van der Waals surface area contributed by atoms with Gasteiger partial charge in [0, 0.05) is 18.2 Å². The number of thiophene rings is 1. The number of carbonyl (C=O) groups is 2. The Hall–Kier alpha value is -2.63. The van der Waals surface area contributed by atoms with E-state index in [1.165, 1.54) is 11.3 Å². The van der Waals surface area contributed by atoms with Gasteiger partial charge in [-0.15, -0.1) is 11.3 Å². The second kappa shape index (κ2) is 9.72. The molecule has 2 amide bonds. The minimum atomic E-state index is -0.241. The first-order valence-electron chi connectivity index (χ1n) is 9.49. The Balaban J connectivity index is 1.85. The molecule has 1 heterocycles. The molecule has 0 bridgehead atoms.